The summed E-state index contributed by atoms with van der Waals surface area (Å²) in [6, 6.07) is 10.1. The second-order valence-corrected chi connectivity index (χ2v) is 6.49. The summed E-state index contributed by atoms with van der Waals surface area (Å²) < 4.78 is 7.77. The Bertz CT molecular complexity index is 1110. The highest BCUT2D eigenvalue weighted by atomic mass is 16.5. The molecule has 124 valence electrons. The SMILES string of the molecule is CC[C@@H]1Cn2ccc3c4ccccc4nc-3c2-c2oc(O)c(C=O)c21. The summed E-state index contributed by atoms with van der Waals surface area (Å²) in [5.74, 6) is 0.380. The van der Waals surface area contributed by atoms with Gasteiger partial charge in [0.1, 0.15) is 11.3 Å². The fourth-order valence-electron chi connectivity index (χ4n) is 4.02. The van der Waals surface area contributed by atoms with E-state index in [2.05, 4.69) is 23.6 Å². The quantitative estimate of drug-likeness (QED) is 0.552. The van der Waals surface area contributed by atoms with Gasteiger partial charge in [-0.05, 0) is 18.6 Å². The monoisotopic (exact) mass is 332 g/mol. The van der Waals surface area contributed by atoms with Crippen molar-refractivity contribution in [2.75, 3.05) is 0 Å². The molecule has 0 saturated carbocycles. The maximum atomic E-state index is 11.5. The molecule has 25 heavy (non-hydrogen) atoms. The van der Waals surface area contributed by atoms with Gasteiger partial charge in [-0.3, -0.25) is 4.79 Å². The average molecular weight is 332 g/mol. The molecule has 0 unspecified atom stereocenters. The molecule has 0 radical (unpaired) electrons. The fourth-order valence-corrected chi connectivity index (χ4v) is 4.02. The summed E-state index contributed by atoms with van der Waals surface area (Å²) in [6.07, 6.45) is 3.58. The van der Waals surface area contributed by atoms with E-state index < -0.39 is 0 Å². The first-order valence-electron chi connectivity index (χ1n) is 8.41. The van der Waals surface area contributed by atoms with Crippen LogP contribution in [0.5, 0.6) is 5.95 Å². The summed E-state index contributed by atoms with van der Waals surface area (Å²) >= 11 is 0. The number of carbonyl (C=O) groups is 1. The molecule has 0 bridgehead atoms. The highest BCUT2D eigenvalue weighted by Gasteiger charge is 2.35. The first-order valence-corrected chi connectivity index (χ1v) is 8.41. The first kappa shape index (κ1) is 14.3. The minimum atomic E-state index is -0.306. The minimum Gasteiger partial charge on any atom is -0.480 e. The van der Waals surface area contributed by atoms with Crippen LogP contribution in [0.1, 0.15) is 35.2 Å². The van der Waals surface area contributed by atoms with Crippen molar-refractivity contribution >= 4 is 17.2 Å². The summed E-state index contributed by atoms with van der Waals surface area (Å²) in [7, 11) is 0. The van der Waals surface area contributed by atoms with Gasteiger partial charge in [0, 0.05) is 35.2 Å². The van der Waals surface area contributed by atoms with Gasteiger partial charge in [0.25, 0.3) is 5.95 Å². The van der Waals surface area contributed by atoms with Gasteiger partial charge >= 0.3 is 0 Å². The zero-order valence-corrected chi connectivity index (χ0v) is 13.7. The zero-order chi connectivity index (χ0) is 17.1. The van der Waals surface area contributed by atoms with E-state index in [1.807, 2.05) is 24.4 Å². The maximum Gasteiger partial charge on any atom is 0.293 e. The van der Waals surface area contributed by atoms with E-state index in [0.717, 1.165) is 46.4 Å². The number of carbonyl (C=O) groups excluding carboxylic acids is 1. The van der Waals surface area contributed by atoms with Crippen molar-refractivity contribution in [2.45, 2.75) is 25.8 Å². The number of hydrogen-bond donors (Lipinski definition) is 1. The van der Waals surface area contributed by atoms with E-state index in [4.69, 9.17) is 9.40 Å². The van der Waals surface area contributed by atoms with Crippen molar-refractivity contribution in [3.63, 3.8) is 0 Å². The molecule has 5 rings (SSSR count). The lowest BCUT2D eigenvalue weighted by atomic mass is 9.88. The lowest BCUT2D eigenvalue weighted by Crippen LogP contribution is -2.18. The second-order valence-electron chi connectivity index (χ2n) is 6.49. The number of para-hydroxylation sites is 1. The van der Waals surface area contributed by atoms with Gasteiger partial charge < -0.3 is 14.1 Å². The highest BCUT2D eigenvalue weighted by molar-refractivity contribution is 6.01. The predicted molar refractivity (Wildman–Crippen MR) is 94.1 cm³/mol. The maximum absolute atomic E-state index is 11.5. The Balaban J connectivity index is 1.89. The zero-order valence-electron chi connectivity index (χ0n) is 13.7. The largest absolute Gasteiger partial charge is 0.480 e. The predicted octanol–water partition coefficient (Wildman–Crippen LogP) is 4.43. The van der Waals surface area contributed by atoms with Gasteiger partial charge in [-0.25, -0.2) is 4.98 Å². The van der Waals surface area contributed by atoms with Crippen LogP contribution in [-0.2, 0) is 6.54 Å². The molecule has 1 aromatic carbocycles. The normalized spacial score (nSPS) is 16.1. The molecule has 4 heterocycles. The van der Waals surface area contributed by atoms with Crippen LogP contribution in [0.2, 0.25) is 0 Å². The molecule has 0 amide bonds. The average Bonchev–Trinajstić information content (AvgIpc) is 3.17. The Morgan fingerprint density at radius 1 is 1.36 bits per heavy atom. The van der Waals surface area contributed by atoms with E-state index in [1.54, 1.807) is 0 Å². The Morgan fingerprint density at radius 3 is 3.00 bits per heavy atom. The minimum absolute atomic E-state index is 0.124. The van der Waals surface area contributed by atoms with Crippen LogP contribution in [0.3, 0.4) is 0 Å². The Hall–Kier alpha value is -3.08. The molecule has 5 heteroatoms. The van der Waals surface area contributed by atoms with E-state index in [-0.39, 0.29) is 17.4 Å². The van der Waals surface area contributed by atoms with Gasteiger partial charge in [0.2, 0.25) is 0 Å². The number of nitrogens with zero attached hydrogens (tertiary/aromatic N) is 2. The molecule has 0 saturated heterocycles. The van der Waals surface area contributed by atoms with Gasteiger partial charge in [-0.1, -0.05) is 25.1 Å². The van der Waals surface area contributed by atoms with Gasteiger partial charge in [-0.15, -0.1) is 0 Å². The number of hydrogen-bond acceptors (Lipinski definition) is 4. The molecule has 3 aliphatic heterocycles. The van der Waals surface area contributed by atoms with Crippen LogP contribution in [-0.4, -0.2) is 20.9 Å². The molecule has 0 aliphatic carbocycles. The molecule has 3 aliphatic rings. The van der Waals surface area contributed by atoms with E-state index >= 15 is 0 Å². The van der Waals surface area contributed by atoms with Crippen molar-refractivity contribution in [1.82, 2.24) is 9.55 Å². The third kappa shape index (κ3) is 1.78. The van der Waals surface area contributed by atoms with E-state index in [1.165, 1.54) is 0 Å². The molecule has 0 fully saturated rings. The van der Waals surface area contributed by atoms with Crippen molar-refractivity contribution < 1.29 is 14.3 Å². The Kier molecular flexibility index (Phi) is 2.83. The first-order chi connectivity index (χ1) is 12.2. The van der Waals surface area contributed by atoms with E-state index in [0.29, 0.717) is 12.0 Å². The van der Waals surface area contributed by atoms with Crippen LogP contribution in [0, 0.1) is 0 Å². The smallest absolute Gasteiger partial charge is 0.293 e. The van der Waals surface area contributed by atoms with Crippen LogP contribution in [0.4, 0.5) is 0 Å². The number of aromatic nitrogens is 2. The highest BCUT2D eigenvalue weighted by Crippen LogP contribution is 2.48. The van der Waals surface area contributed by atoms with Crippen LogP contribution in [0.15, 0.2) is 40.9 Å². The molecule has 0 spiro atoms. The van der Waals surface area contributed by atoms with Crippen molar-refractivity contribution in [1.29, 1.82) is 0 Å². The number of benzene rings is 1. The molecule has 5 nitrogen and oxygen atoms in total. The summed E-state index contributed by atoms with van der Waals surface area (Å²) in [6.45, 7) is 2.81. The molecule has 2 aromatic rings. The Labute approximate surface area is 143 Å². The number of aromatic hydroxyl groups is 1. The third-order valence-corrected chi connectivity index (χ3v) is 5.23. The molecular formula is C20H16N2O3. The number of aldehydes is 1. The van der Waals surface area contributed by atoms with Crippen molar-refractivity contribution in [2.24, 2.45) is 0 Å². The molecular weight excluding hydrogens is 316 g/mol. The summed E-state index contributed by atoms with van der Waals surface area (Å²) in [4.78, 5) is 16.3. The van der Waals surface area contributed by atoms with Crippen molar-refractivity contribution in [3.05, 3.63) is 47.7 Å². The van der Waals surface area contributed by atoms with Gasteiger partial charge in [0.05, 0.1) is 11.2 Å². The lowest BCUT2D eigenvalue weighted by molar-refractivity contribution is 0.111. The fraction of sp³-hybridized carbons (Fsp3) is 0.200. The number of furan rings is 1. The third-order valence-electron chi connectivity index (χ3n) is 5.23. The van der Waals surface area contributed by atoms with Crippen LogP contribution < -0.4 is 0 Å². The topological polar surface area (TPSA) is 68.3 Å². The van der Waals surface area contributed by atoms with Crippen LogP contribution >= 0.6 is 0 Å². The number of fused-ring (bicyclic) bond motifs is 7. The number of pyridine rings is 1. The molecule has 1 atom stereocenters. The molecule has 1 N–H and O–H groups in total. The number of rotatable bonds is 2. The summed E-state index contributed by atoms with van der Waals surface area (Å²) in [5.41, 5.74) is 4.71. The molecule has 1 aromatic heterocycles. The summed E-state index contributed by atoms with van der Waals surface area (Å²) in [5, 5.41) is 11.2. The lowest BCUT2D eigenvalue weighted by Gasteiger charge is -2.27. The van der Waals surface area contributed by atoms with Gasteiger partial charge in [0.15, 0.2) is 12.0 Å². The Morgan fingerprint density at radius 2 is 2.20 bits per heavy atom. The standard InChI is InChI=1S/C20H16N2O3/c1-2-11-9-22-8-7-13-12-5-3-4-6-15(12)21-17(13)18(22)19-16(11)14(10-23)20(24)25-19/h3-8,10-11,24H,2,9H2,1H3/t11-/m1/s1. The van der Waals surface area contributed by atoms with Gasteiger partial charge in [-0.2, -0.15) is 0 Å². The van der Waals surface area contributed by atoms with E-state index in [9.17, 15) is 9.90 Å². The second kappa shape index (κ2) is 4.96. The van der Waals surface area contributed by atoms with Crippen LogP contribution in [0.25, 0.3) is 33.6 Å². The van der Waals surface area contributed by atoms with Crippen molar-refractivity contribution in [3.8, 4) is 28.7 Å².